The van der Waals surface area contributed by atoms with Crippen LogP contribution < -0.4 is 9.64 Å². The molecule has 0 unspecified atom stereocenters. The highest BCUT2D eigenvalue weighted by Gasteiger charge is 2.73. The maximum Gasteiger partial charge on any atom is 0.240 e. The van der Waals surface area contributed by atoms with Crippen molar-refractivity contribution in [2.75, 3.05) is 11.5 Å². The number of hydrogen-bond donors (Lipinski definition) is 0. The lowest BCUT2D eigenvalue weighted by atomic mass is 9.67. The van der Waals surface area contributed by atoms with Gasteiger partial charge in [0.05, 0.1) is 52.0 Å². The minimum Gasteiger partial charge on any atom is -0.492 e. The summed E-state index contributed by atoms with van der Waals surface area (Å²) in [6.45, 7) is 2.21. The highest BCUT2D eigenvalue weighted by molar-refractivity contribution is 6.35. The van der Waals surface area contributed by atoms with E-state index in [1.54, 1.807) is 30.3 Å². The second-order valence-corrected chi connectivity index (χ2v) is 10.8. The van der Waals surface area contributed by atoms with Crippen molar-refractivity contribution in [3.05, 3.63) is 70.2 Å². The van der Waals surface area contributed by atoms with E-state index in [4.69, 9.17) is 32.7 Å². The molecule has 2 bridgehead atoms. The maximum atomic E-state index is 13.9. The third kappa shape index (κ3) is 3.27. The molecule has 6 nitrogen and oxygen atoms in total. The first-order valence-electron chi connectivity index (χ1n) is 11.9. The predicted octanol–water partition coefficient (Wildman–Crippen LogP) is 5.91. The third-order valence-electron chi connectivity index (χ3n) is 7.95. The standard InChI is InChI=1S/C28H22Cl2N2O4/c1-27-10-11-28(36-27,12-13-35-22-9-7-17(29)14-20(22)30)24-23(27)25(33)32(26(24)34)21-8-6-16(15-31)18-4-2-3-5-19(18)21/h2-9,14,23-24H,10-13H2,1H3/t23-,24+,27-,28-/m0/s1. The van der Waals surface area contributed by atoms with Gasteiger partial charge in [-0.25, -0.2) is 4.90 Å². The zero-order valence-electron chi connectivity index (χ0n) is 19.5. The zero-order valence-corrected chi connectivity index (χ0v) is 21.0. The fourth-order valence-corrected chi connectivity index (χ4v) is 6.81. The van der Waals surface area contributed by atoms with Crippen LogP contribution >= 0.6 is 23.2 Å². The maximum absolute atomic E-state index is 13.9. The topological polar surface area (TPSA) is 79.6 Å². The molecule has 3 fully saturated rings. The van der Waals surface area contributed by atoms with E-state index in [2.05, 4.69) is 6.07 Å². The Hall–Kier alpha value is -3.11. The van der Waals surface area contributed by atoms with E-state index in [0.717, 1.165) is 0 Å². The molecular weight excluding hydrogens is 499 g/mol. The van der Waals surface area contributed by atoms with Crippen LogP contribution in [0, 0.1) is 23.2 Å². The summed E-state index contributed by atoms with van der Waals surface area (Å²) >= 11 is 12.2. The van der Waals surface area contributed by atoms with Crippen LogP contribution in [-0.4, -0.2) is 29.6 Å². The van der Waals surface area contributed by atoms with Gasteiger partial charge < -0.3 is 9.47 Å². The highest BCUT2D eigenvalue weighted by atomic mass is 35.5. The average molecular weight is 521 g/mol. The van der Waals surface area contributed by atoms with Crippen molar-refractivity contribution < 1.29 is 19.1 Å². The smallest absolute Gasteiger partial charge is 0.240 e. The van der Waals surface area contributed by atoms with E-state index in [9.17, 15) is 14.9 Å². The summed E-state index contributed by atoms with van der Waals surface area (Å²) in [5, 5.41) is 11.9. The Morgan fingerprint density at radius 1 is 1.06 bits per heavy atom. The number of benzene rings is 3. The van der Waals surface area contributed by atoms with Gasteiger partial charge in [-0.15, -0.1) is 0 Å². The lowest BCUT2D eigenvalue weighted by Gasteiger charge is -2.31. The van der Waals surface area contributed by atoms with Crippen molar-refractivity contribution in [3.63, 3.8) is 0 Å². The van der Waals surface area contributed by atoms with E-state index >= 15 is 0 Å². The second kappa shape index (κ2) is 8.21. The molecule has 3 aromatic rings. The number of hydrogen-bond acceptors (Lipinski definition) is 5. The van der Waals surface area contributed by atoms with Gasteiger partial charge in [-0.1, -0.05) is 47.5 Å². The Morgan fingerprint density at radius 3 is 2.56 bits per heavy atom. The number of ether oxygens (including phenoxy) is 2. The molecule has 36 heavy (non-hydrogen) atoms. The van der Waals surface area contributed by atoms with Gasteiger partial charge in [0.25, 0.3) is 0 Å². The number of halogens is 2. The number of carbonyl (C=O) groups excluding carboxylic acids is 2. The first-order chi connectivity index (χ1) is 17.3. The highest BCUT2D eigenvalue weighted by Crippen LogP contribution is 2.62. The number of rotatable bonds is 5. The van der Waals surface area contributed by atoms with Crippen LogP contribution in [0.3, 0.4) is 0 Å². The predicted molar refractivity (Wildman–Crippen MR) is 136 cm³/mol. The van der Waals surface area contributed by atoms with Gasteiger partial charge >= 0.3 is 0 Å². The van der Waals surface area contributed by atoms with Crippen molar-refractivity contribution in [1.82, 2.24) is 0 Å². The Morgan fingerprint density at radius 2 is 1.81 bits per heavy atom. The molecule has 4 atom stereocenters. The number of nitrogens with zero attached hydrogens (tertiary/aromatic N) is 2. The lowest BCUT2D eigenvalue weighted by Crippen LogP contribution is -2.43. The monoisotopic (exact) mass is 520 g/mol. The van der Waals surface area contributed by atoms with E-state index in [-0.39, 0.29) is 18.4 Å². The number of amides is 2. The van der Waals surface area contributed by atoms with Crippen LogP contribution in [0.1, 0.15) is 31.7 Å². The normalized spacial score (nSPS) is 28.6. The number of imide groups is 1. The van der Waals surface area contributed by atoms with E-state index in [0.29, 0.717) is 57.1 Å². The van der Waals surface area contributed by atoms with Gasteiger partial charge in [0.15, 0.2) is 0 Å². The molecule has 0 saturated carbocycles. The van der Waals surface area contributed by atoms with E-state index in [1.807, 2.05) is 31.2 Å². The van der Waals surface area contributed by atoms with Crippen LogP contribution in [0.2, 0.25) is 10.0 Å². The molecular formula is C28H22Cl2N2O4. The van der Waals surface area contributed by atoms with Crippen LogP contribution in [-0.2, 0) is 14.3 Å². The molecule has 2 amide bonds. The fourth-order valence-electron chi connectivity index (χ4n) is 6.35. The average Bonchev–Trinajstić information content (AvgIpc) is 3.44. The summed E-state index contributed by atoms with van der Waals surface area (Å²) in [5.41, 5.74) is -0.496. The first-order valence-corrected chi connectivity index (χ1v) is 12.6. The first kappa shape index (κ1) is 23.3. The molecule has 8 heteroatoms. The molecule has 6 rings (SSSR count). The van der Waals surface area contributed by atoms with Crippen molar-refractivity contribution in [3.8, 4) is 11.8 Å². The lowest BCUT2D eigenvalue weighted by molar-refractivity contribution is -0.131. The van der Waals surface area contributed by atoms with Crippen LogP contribution in [0.4, 0.5) is 5.69 Å². The summed E-state index contributed by atoms with van der Waals surface area (Å²) < 4.78 is 12.4. The van der Waals surface area contributed by atoms with Crippen molar-refractivity contribution in [2.24, 2.45) is 11.8 Å². The van der Waals surface area contributed by atoms with E-state index < -0.39 is 23.0 Å². The van der Waals surface area contributed by atoms with Crippen molar-refractivity contribution >= 4 is 51.5 Å². The summed E-state index contributed by atoms with van der Waals surface area (Å²) in [6, 6.07) is 17.9. The summed E-state index contributed by atoms with van der Waals surface area (Å²) in [4.78, 5) is 29.1. The molecule has 3 aromatic carbocycles. The van der Waals surface area contributed by atoms with Crippen molar-refractivity contribution in [2.45, 2.75) is 37.4 Å². The molecule has 3 saturated heterocycles. The SMILES string of the molecule is C[C@@]12CC[C@@](CCOc3ccc(Cl)cc3Cl)(O1)[C@H]1C(=O)N(c3ccc(C#N)c4ccccc34)C(=O)[C@H]12. The van der Waals surface area contributed by atoms with E-state index in [1.165, 1.54) is 4.90 Å². The number of fused-ring (bicyclic) bond motifs is 6. The molecule has 3 heterocycles. The zero-order chi connectivity index (χ0) is 25.2. The Kier molecular flexibility index (Phi) is 5.31. The molecule has 0 radical (unpaired) electrons. The third-order valence-corrected chi connectivity index (χ3v) is 8.48. The second-order valence-electron chi connectivity index (χ2n) is 9.91. The Bertz CT molecular complexity index is 1480. The van der Waals surface area contributed by atoms with Gasteiger partial charge in [-0.2, -0.15) is 5.26 Å². The van der Waals surface area contributed by atoms with Gasteiger partial charge in [0.1, 0.15) is 5.75 Å². The molecule has 182 valence electrons. The van der Waals surface area contributed by atoms with Gasteiger partial charge in [-0.05, 0) is 50.1 Å². The van der Waals surface area contributed by atoms with Crippen molar-refractivity contribution in [1.29, 1.82) is 5.26 Å². The summed E-state index contributed by atoms with van der Waals surface area (Å²) in [5.74, 6) is -1.15. The number of nitriles is 1. The molecule has 0 N–H and O–H groups in total. The van der Waals surface area contributed by atoms with Gasteiger partial charge in [0.2, 0.25) is 11.8 Å². The van der Waals surface area contributed by atoms with Crippen LogP contribution in [0.5, 0.6) is 5.75 Å². The summed E-state index contributed by atoms with van der Waals surface area (Å²) in [7, 11) is 0. The molecule has 3 aliphatic rings. The molecule has 3 aliphatic heterocycles. The van der Waals surface area contributed by atoms with Crippen LogP contribution in [0.15, 0.2) is 54.6 Å². The minimum absolute atomic E-state index is 0.245. The fraction of sp³-hybridized carbons (Fsp3) is 0.321. The molecule has 0 aromatic heterocycles. The Balaban J connectivity index is 1.33. The minimum atomic E-state index is -0.789. The van der Waals surface area contributed by atoms with Gasteiger partial charge in [-0.3, -0.25) is 9.59 Å². The Labute approximate surface area is 218 Å². The molecule has 0 spiro atoms. The summed E-state index contributed by atoms with van der Waals surface area (Å²) in [6.07, 6.45) is 1.81. The van der Waals surface area contributed by atoms with Gasteiger partial charge in [0, 0.05) is 22.2 Å². The quantitative estimate of drug-likeness (QED) is 0.390. The molecule has 0 aliphatic carbocycles. The number of anilines is 1. The van der Waals surface area contributed by atoms with Crippen LogP contribution in [0.25, 0.3) is 10.8 Å². The largest absolute Gasteiger partial charge is 0.492 e. The number of carbonyl (C=O) groups is 2.